The van der Waals surface area contributed by atoms with E-state index in [0.29, 0.717) is 24.2 Å². The van der Waals surface area contributed by atoms with Gasteiger partial charge in [-0.05, 0) is 41.5 Å². The van der Waals surface area contributed by atoms with E-state index in [9.17, 15) is 14.3 Å². The predicted octanol–water partition coefficient (Wildman–Crippen LogP) is 5.48. The lowest BCUT2D eigenvalue weighted by Crippen LogP contribution is -2.17. The van der Waals surface area contributed by atoms with Gasteiger partial charge in [0.15, 0.2) is 0 Å². The number of aromatic nitrogens is 1. The van der Waals surface area contributed by atoms with Crippen LogP contribution >= 0.6 is 11.6 Å². The summed E-state index contributed by atoms with van der Waals surface area (Å²) in [4.78, 5) is 12.3. The number of halogens is 2. The molecule has 2 N–H and O–H groups in total. The van der Waals surface area contributed by atoms with Crippen molar-refractivity contribution in [3.05, 3.63) is 100.0 Å². The van der Waals surface area contributed by atoms with E-state index in [4.69, 9.17) is 16.3 Å². The Labute approximate surface area is 190 Å². The predicted molar refractivity (Wildman–Crippen MR) is 123 cm³/mol. The van der Waals surface area contributed by atoms with E-state index in [0.717, 1.165) is 22.2 Å². The average Bonchev–Trinajstić information content (AvgIpc) is 3.10. The van der Waals surface area contributed by atoms with Gasteiger partial charge in [-0.3, -0.25) is 0 Å². The number of carboxylic acids is 1. The minimum Gasteiger partial charge on any atom is -0.497 e. The zero-order valence-corrected chi connectivity index (χ0v) is 18.2. The summed E-state index contributed by atoms with van der Waals surface area (Å²) in [6.45, 7) is 1.17. The fourth-order valence-electron chi connectivity index (χ4n) is 3.86. The van der Waals surface area contributed by atoms with Gasteiger partial charge in [0, 0.05) is 41.1 Å². The van der Waals surface area contributed by atoms with E-state index in [1.165, 1.54) is 12.1 Å². The molecule has 0 radical (unpaired) electrons. The fraction of sp³-hybridized carbons (Fsp3) is 0.160. The second-order valence-corrected chi connectivity index (χ2v) is 7.83. The lowest BCUT2D eigenvalue weighted by atomic mass is 10.1. The molecule has 0 bridgehead atoms. The lowest BCUT2D eigenvalue weighted by Gasteiger charge is -2.11. The van der Waals surface area contributed by atoms with Crippen LogP contribution in [-0.2, 0) is 19.6 Å². The van der Waals surface area contributed by atoms with Gasteiger partial charge in [-0.15, -0.1) is 0 Å². The average molecular weight is 453 g/mol. The molecule has 1 heterocycles. The first-order valence-electron chi connectivity index (χ1n) is 10.1. The Hall–Kier alpha value is -3.35. The Balaban J connectivity index is 1.67. The number of nitrogens with one attached hydrogen (secondary N) is 1. The third-order valence-corrected chi connectivity index (χ3v) is 5.76. The van der Waals surface area contributed by atoms with Gasteiger partial charge in [0.05, 0.1) is 7.11 Å². The lowest BCUT2D eigenvalue weighted by molar-refractivity contribution is 0.0684. The number of aromatic carboxylic acids is 1. The fourth-order valence-corrected chi connectivity index (χ4v) is 4.09. The number of para-hydroxylation sites is 1. The Bertz CT molecular complexity index is 1270. The summed E-state index contributed by atoms with van der Waals surface area (Å²) in [5.74, 6) is -0.678. The minimum absolute atomic E-state index is 0.189. The maximum absolute atomic E-state index is 13.5. The first kappa shape index (κ1) is 21.9. The molecule has 0 spiro atoms. The van der Waals surface area contributed by atoms with Crippen molar-refractivity contribution in [2.45, 2.75) is 19.6 Å². The number of benzene rings is 3. The van der Waals surface area contributed by atoms with Gasteiger partial charge in [-0.2, -0.15) is 0 Å². The van der Waals surface area contributed by atoms with E-state index < -0.39 is 11.8 Å². The molecular weight excluding hydrogens is 431 g/mol. The highest BCUT2D eigenvalue weighted by molar-refractivity contribution is 6.31. The number of hydrogen-bond acceptors (Lipinski definition) is 3. The minimum atomic E-state index is -1.03. The number of hydrogen-bond donors (Lipinski definition) is 2. The van der Waals surface area contributed by atoms with Crippen molar-refractivity contribution in [3.8, 4) is 5.75 Å². The van der Waals surface area contributed by atoms with Crippen molar-refractivity contribution in [1.29, 1.82) is 0 Å². The Morgan fingerprint density at radius 3 is 2.53 bits per heavy atom. The maximum Gasteiger partial charge on any atom is 0.352 e. The van der Waals surface area contributed by atoms with E-state index >= 15 is 0 Å². The number of methoxy groups -OCH3 is 1. The van der Waals surface area contributed by atoms with Crippen molar-refractivity contribution in [2.24, 2.45) is 0 Å². The summed E-state index contributed by atoms with van der Waals surface area (Å²) < 4.78 is 20.4. The van der Waals surface area contributed by atoms with Gasteiger partial charge in [0.1, 0.15) is 17.3 Å². The van der Waals surface area contributed by atoms with Gasteiger partial charge in [-0.25, -0.2) is 9.18 Å². The van der Waals surface area contributed by atoms with Gasteiger partial charge >= 0.3 is 5.97 Å². The van der Waals surface area contributed by atoms with Crippen LogP contribution in [-0.4, -0.2) is 22.8 Å². The Morgan fingerprint density at radius 1 is 1.09 bits per heavy atom. The third kappa shape index (κ3) is 4.47. The van der Waals surface area contributed by atoms with Crippen molar-refractivity contribution >= 4 is 28.5 Å². The first-order chi connectivity index (χ1) is 15.5. The van der Waals surface area contributed by atoms with Crippen LogP contribution in [0, 0.1) is 5.82 Å². The van der Waals surface area contributed by atoms with E-state index in [1.807, 2.05) is 48.5 Å². The number of carboxylic acid groups (broad SMARTS) is 1. The SMILES string of the molecule is COc1ccc(CNCc2c(C(=O)O)n(Cc3ccc(F)cc3Cl)c3ccccc23)cc1. The molecule has 7 heteroatoms. The molecule has 4 aromatic rings. The first-order valence-corrected chi connectivity index (χ1v) is 10.5. The molecule has 0 amide bonds. The molecule has 0 atom stereocenters. The van der Waals surface area contributed by atoms with Crippen molar-refractivity contribution in [1.82, 2.24) is 9.88 Å². The molecule has 0 unspecified atom stereocenters. The van der Waals surface area contributed by atoms with Crippen molar-refractivity contribution < 1.29 is 19.0 Å². The molecule has 1 aromatic heterocycles. The van der Waals surface area contributed by atoms with Crippen LogP contribution in [0.4, 0.5) is 4.39 Å². The molecule has 0 saturated heterocycles. The van der Waals surface area contributed by atoms with Gasteiger partial charge in [-0.1, -0.05) is 48.0 Å². The highest BCUT2D eigenvalue weighted by Gasteiger charge is 2.22. The standard InChI is InChI=1S/C25H22ClFN2O3/c1-32-19-10-6-16(7-11-19)13-28-14-21-20-4-2-3-5-23(20)29(24(21)25(30)31)15-17-8-9-18(27)12-22(17)26/h2-12,28H,13-15H2,1H3,(H,30,31). The molecule has 3 aromatic carbocycles. The summed E-state index contributed by atoms with van der Waals surface area (Å²) in [5.41, 5.74) is 3.37. The molecule has 0 fully saturated rings. The zero-order valence-electron chi connectivity index (χ0n) is 17.4. The van der Waals surface area contributed by atoms with Crippen LogP contribution in [0.15, 0.2) is 66.7 Å². The largest absolute Gasteiger partial charge is 0.497 e. The van der Waals surface area contributed by atoms with Crippen molar-refractivity contribution in [3.63, 3.8) is 0 Å². The normalized spacial score (nSPS) is 11.1. The van der Waals surface area contributed by atoms with E-state index in [2.05, 4.69) is 5.32 Å². The number of ether oxygens (including phenoxy) is 1. The van der Waals surface area contributed by atoms with Crippen LogP contribution in [0.2, 0.25) is 5.02 Å². The second kappa shape index (κ2) is 9.42. The molecule has 164 valence electrons. The summed E-state index contributed by atoms with van der Waals surface area (Å²) in [5, 5.41) is 14.5. The van der Waals surface area contributed by atoms with Gasteiger partial charge in [0.2, 0.25) is 0 Å². The van der Waals surface area contributed by atoms with Crippen LogP contribution in [0.25, 0.3) is 10.9 Å². The number of nitrogens with zero attached hydrogens (tertiary/aromatic N) is 1. The Kier molecular flexibility index (Phi) is 6.44. The Morgan fingerprint density at radius 2 is 1.84 bits per heavy atom. The monoisotopic (exact) mass is 452 g/mol. The molecule has 32 heavy (non-hydrogen) atoms. The zero-order chi connectivity index (χ0) is 22.7. The summed E-state index contributed by atoms with van der Waals surface area (Å²) in [7, 11) is 1.62. The topological polar surface area (TPSA) is 63.5 Å². The maximum atomic E-state index is 13.5. The molecule has 5 nitrogen and oxygen atoms in total. The summed E-state index contributed by atoms with van der Waals surface area (Å²) in [6, 6.07) is 19.4. The summed E-state index contributed by atoms with van der Waals surface area (Å²) in [6.07, 6.45) is 0. The molecule has 0 saturated carbocycles. The quantitative estimate of drug-likeness (QED) is 0.371. The second-order valence-electron chi connectivity index (χ2n) is 7.42. The molecule has 0 aliphatic heterocycles. The number of fused-ring (bicyclic) bond motifs is 1. The molecule has 0 aliphatic carbocycles. The van der Waals surface area contributed by atoms with E-state index in [-0.39, 0.29) is 17.3 Å². The number of rotatable bonds is 8. The van der Waals surface area contributed by atoms with Crippen LogP contribution in [0.5, 0.6) is 5.75 Å². The van der Waals surface area contributed by atoms with Crippen LogP contribution < -0.4 is 10.1 Å². The molecule has 0 aliphatic rings. The smallest absolute Gasteiger partial charge is 0.352 e. The molecule has 4 rings (SSSR count). The highest BCUT2D eigenvalue weighted by atomic mass is 35.5. The third-order valence-electron chi connectivity index (χ3n) is 5.41. The molecular formula is C25H22ClFN2O3. The summed E-state index contributed by atoms with van der Waals surface area (Å²) >= 11 is 6.22. The van der Waals surface area contributed by atoms with E-state index in [1.54, 1.807) is 17.7 Å². The van der Waals surface area contributed by atoms with Crippen LogP contribution in [0.1, 0.15) is 27.2 Å². The van der Waals surface area contributed by atoms with Crippen molar-refractivity contribution in [2.75, 3.05) is 7.11 Å². The van der Waals surface area contributed by atoms with Gasteiger partial charge < -0.3 is 19.7 Å². The van der Waals surface area contributed by atoms with Crippen LogP contribution in [0.3, 0.4) is 0 Å². The van der Waals surface area contributed by atoms with Gasteiger partial charge in [0.25, 0.3) is 0 Å². The number of carbonyl (C=O) groups is 1. The highest BCUT2D eigenvalue weighted by Crippen LogP contribution is 2.29.